The molecule has 118 valence electrons. The standard InChI is InChI=1S/C17H26Cl2N2/c1-16(2,3)15-10-21(17(4,5)11-20-15)9-12-6-7-13(18)14(19)8-12/h6-8,15,20H,9-11H2,1-5H3. The van der Waals surface area contributed by atoms with Crippen LogP contribution in [0.1, 0.15) is 40.2 Å². The predicted molar refractivity (Wildman–Crippen MR) is 92.2 cm³/mol. The van der Waals surface area contributed by atoms with Crippen LogP contribution in [0.2, 0.25) is 10.0 Å². The van der Waals surface area contributed by atoms with Gasteiger partial charge in [-0.25, -0.2) is 0 Å². The van der Waals surface area contributed by atoms with E-state index in [4.69, 9.17) is 23.2 Å². The first-order chi connectivity index (χ1) is 9.59. The number of nitrogens with zero attached hydrogens (tertiary/aromatic N) is 1. The van der Waals surface area contributed by atoms with Crippen molar-refractivity contribution in [2.75, 3.05) is 13.1 Å². The van der Waals surface area contributed by atoms with Gasteiger partial charge in [0.25, 0.3) is 0 Å². The number of rotatable bonds is 2. The van der Waals surface area contributed by atoms with Crippen LogP contribution in [0, 0.1) is 5.41 Å². The second kappa shape index (κ2) is 6.08. The van der Waals surface area contributed by atoms with Crippen molar-refractivity contribution in [2.24, 2.45) is 5.41 Å². The van der Waals surface area contributed by atoms with Gasteiger partial charge in [0.15, 0.2) is 0 Å². The Labute approximate surface area is 138 Å². The summed E-state index contributed by atoms with van der Waals surface area (Å²) in [6.45, 7) is 14.4. The second-order valence-corrected chi connectivity index (χ2v) is 8.56. The molecule has 1 aromatic rings. The maximum atomic E-state index is 6.14. The van der Waals surface area contributed by atoms with Crippen molar-refractivity contribution >= 4 is 23.2 Å². The van der Waals surface area contributed by atoms with Gasteiger partial charge in [-0.05, 0) is 37.0 Å². The van der Waals surface area contributed by atoms with E-state index in [2.05, 4.69) is 50.9 Å². The molecule has 21 heavy (non-hydrogen) atoms. The average Bonchev–Trinajstić information content (AvgIpc) is 2.35. The quantitative estimate of drug-likeness (QED) is 0.853. The molecule has 1 aliphatic heterocycles. The number of nitrogens with one attached hydrogen (secondary N) is 1. The van der Waals surface area contributed by atoms with Crippen molar-refractivity contribution in [3.63, 3.8) is 0 Å². The summed E-state index contributed by atoms with van der Waals surface area (Å²) in [6.07, 6.45) is 0. The van der Waals surface area contributed by atoms with E-state index in [1.807, 2.05) is 12.1 Å². The van der Waals surface area contributed by atoms with E-state index in [9.17, 15) is 0 Å². The number of hydrogen-bond acceptors (Lipinski definition) is 2. The monoisotopic (exact) mass is 328 g/mol. The summed E-state index contributed by atoms with van der Waals surface area (Å²) in [5.74, 6) is 0. The zero-order valence-corrected chi connectivity index (χ0v) is 15.1. The maximum Gasteiger partial charge on any atom is 0.0595 e. The Morgan fingerprint density at radius 1 is 1.24 bits per heavy atom. The average molecular weight is 329 g/mol. The molecule has 0 aromatic heterocycles. The van der Waals surface area contributed by atoms with Crippen LogP contribution in [0.5, 0.6) is 0 Å². The van der Waals surface area contributed by atoms with Crippen LogP contribution in [0.25, 0.3) is 0 Å². The van der Waals surface area contributed by atoms with Gasteiger partial charge in [-0.15, -0.1) is 0 Å². The Morgan fingerprint density at radius 3 is 2.48 bits per heavy atom. The Morgan fingerprint density at radius 2 is 1.90 bits per heavy atom. The molecule has 2 nitrogen and oxygen atoms in total. The second-order valence-electron chi connectivity index (χ2n) is 7.74. The lowest BCUT2D eigenvalue weighted by atomic mass is 9.82. The molecule has 1 saturated heterocycles. The zero-order valence-electron chi connectivity index (χ0n) is 13.6. The minimum absolute atomic E-state index is 0.133. The van der Waals surface area contributed by atoms with Crippen LogP contribution < -0.4 is 5.32 Å². The number of hydrogen-bond donors (Lipinski definition) is 1. The summed E-state index contributed by atoms with van der Waals surface area (Å²) in [5, 5.41) is 4.95. The Balaban J connectivity index is 2.16. The van der Waals surface area contributed by atoms with E-state index in [-0.39, 0.29) is 11.0 Å². The van der Waals surface area contributed by atoms with Crippen LogP contribution in [0.15, 0.2) is 18.2 Å². The van der Waals surface area contributed by atoms with Crippen LogP contribution in [0.3, 0.4) is 0 Å². The van der Waals surface area contributed by atoms with Gasteiger partial charge in [0.1, 0.15) is 0 Å². The van der Waals surface area contributed by atoms with Crippen molar-refractivity contribution < 1.29 is 0 Å². The Kier molecular flexibility index (Phi) is 4.94. The molecule has 1 unspecified atom stereocenters. The molecule has 1 atom stereocenters. The van der Waals surface area contributed by atoms with Gasteiger partial charge in [-0.1, -0.05) is 50.0 Å². The van der Waals surface area contributed by atoms with E-state index in [0.717, 1.165) is 19.6 Å². The summed E-state index contributed by atoms with van der Waals surface area (Å²) in [7, 11) is 0. The van der Waals surface area contributed by atoms with E-state index >= 15 is 0 Å². The molecule has 0 amide bonds. The van der Waals surface area contributed by atoms with E-state index in [1.54, 1.807) is 0 Å². The molecule has 1 aromatic carbocycles. The summed E-state index contributed by atoms with van der Waals surface area (Å²) in [4.78, 5) is 2.54. The molecule has 0 bridgehead atoms. The first-order valence-corrected chi connectivity index (χ1v) is 8.27. The molecule has 0 aliphatic carbocycles. The zero-order chi connectivity index (χ0) is 15.8. The molecule has 1 fully saturated rings. The summed E-state index contributed by atoms with van der Waals surface area (Å²) >= 11 is 12.1. The molecule has 0 radical (unpaired) electrons. The van der Waals surface area contributed by atoms with Gasteiger partial charge in [-0.2, -0.15) is 0 Å². The molecule has 1 aliphatic rings. The summed E-state index contributed by atoms with van der Waals surface area (Å²) in [6, 6.07) is 6.43. The summed E-state index contributed by atoms with van der Waals surface area (Å²) in [5.41, 5.74) is 1.60. The largest absolute Gasteiger partial charge is 0.310 e. The van der Waals surface area contributed by atoms with Crippen molar-refractivity contribution in [2.45, 2.75) is 52.7 Å². The lowest BCUT2D eigenvalue weighted by molar-refractivity contribution is 0.0295. The van der Waals surface area contributed by atoms with Crippen molar-refractivity contribution in [1.82, 2.24) is 10.2 Å². The lowest BCUT2D eigenvalue weighted by Gasteiger charge is -2.49. The molecular formula is C17H26Cl2N2. The van der Waals surface area contributed by atoms with Crippen molar-refractivity contribution in [3.05, 3.63) is 33.8 Å². The highest BCUT2D eigenvalue weighted by atomic mass is 35.5. The van der Waals surface area contributed by atoms with E-state index in [1.165, 1.54) is 5.56 Å². The third-order valence-electron chi connectivity index (χ3n) is 4.44. The highest BCUT2D eigenvalue weighted by Crippen LogP contribution is 2.30. The first kappa shape index (κ1) is 17.1. The smallest absolute Gasteiger partial charge is 0.0595 e. The minimum atomic E-state index is 0.133. The fourth-order valence-electron chi connectivity index (χ4n) is 2.73. The number of halogens is 2. The van der Waals surface area contributed by atoms with Gasteiger partial charge < -0.3 is 5.32 Å². The Hall–Kier alpha value is -0.280. The highest BCUT2D eigenvalue weighted by Gasteiger charge is 2.38. The predicted octanol–water partition coefficient (Wildman–Crippen LogP) is 4.59. The molecule has 2 rings (SSSR count). The van der Waals surface area contributed by atoms with Gasteiger partial charge in [-0.3, -0.25) is 4.90 Å². The molecular weight excluding hydrogens is 303 g/mol. The molecule has 4 heteroatoms. The number of benzene rings is 1. The van der Waals surface area contributed by atoms with Crippen LogP contribution in [0.4, 0.5) is 0 Å². The van der Waals surface area contributed by atoms with Crippen molar-refractivity contribution in [3.8, 4) is 0 Å². The van der Waals surface area contributed by atoms with Gasteiger partial charge in [0.2, 0.25) is 0 Å². The highest BCUT2D eigenvalue weighted by molar-refractivity contribution is 6.42. The fourth-order valence-corrected chi connectivity index (χ4v) is 3.05. The molecule has 1 heterocycles. The first-order valence-electron chi connectivity index (χ1n) is 7.52. The molecule has 0 saturated carbocycles. The topological polar surface area (TPSA) is 15.3 Å². The normalized spacial score (nSPS) is 23.3. The van der Waals surface area contributed by atoms with E-state index in [0.29, 0.717) is 16.1 Å². The molecule has 1 N–H and O–H groups in total. The van der Waals surface area contributed by atoms with Gasteiger partial charge >= 0.3 is 0 Å². The third-order valence-corrected chi connectivity index (χ3v) is 5.18. The van der Waals surface area contributed by atoms with Crippen LogP contribution in [-0.4, -0.2) is 29.6 Å². The van der Waals surface area contributed by atoms with E-state index < -0.39 is 0 Å². The van der Waals surface area contributed by atoms with Crippen LogP contribution in [-0.2, 0) is 6.54 Å². The SMILES string of the molecule is CC(C)(C)C1CN(Cc2ccc(Cl)c(Cl)c2)C(C)(C)CN1. The maximum absolute atomic E-state index is 6.14. The van der Waals surface area contributed by atoms with Gasteiger partial charge in [0, 0.05) is 31.2 Å². The Bertz CT molecular complexity index is 506. The molecule has 0 spiro atoms. The van der Waals surface area contributed by atoms with Crippen LogP contribution >= 0.6 is 23.2 Å². The lowest BCUT2D eigenvalue weighted by Crippen LogP contribution is -2.64. The minimum Gasteiger partial charge on any atom is -0.310 e. The summed E-state index contributed by atoms with van der Waals surface area (Å²) < 4.78 is 0. The van der Waals surface area contributed by atoms with Gasteiger partial charge in [0.05, 0.1) is 10.0 Å². The third kappa shape index (κ3) is 4.13. The number of piperazine rings is 1. The van der Waals surface area contributed by atoms with Crippen molar-refractivity contribution in [1.29, 1.82) is 0 Å². The fraction of sp³-hybridized carbons (Fsp3) is 0.647.